The molecule has 3 N–H and O–H groups in total. The Bertz CT molecular complexity index is 449. The fourth-order valence-corrected chi connectivity index (χ4v) is 1.84. The predicted octanol–water partition coefficient (Wildman–Crippen LogP) is 2.53. The van der Waals surface area contributed by atoms with Crippen molar-refractivity contribution in [2.24, 2.45) is 10.7 Å². The van der Waals surface area contributed by atoms with E-state index in [-0.39, 0.29) is 24.0 Å². The van der Waals surface area contributed by atoms with Crippen LogP contribution in [0.4, 0.5) is 0 Å². The van der Waals surface area contributed by atoms with E-state index in [1.807, 2.05) is 13.8 Å². The number of unbranched alkanes of at least 4 members (excludes halogenated alkanes) is 1. The molecule has 0 unspecified atom stereocenters. The SMILES string of the molecule is CCCCNC(N)=NCc1ncc(C)c(OC)c1C.I. The van der Waals surface area contributed by atoms with Gasteiger partial charge in [-0.1, -0.05) is 13.3 Å². The Morgan fingerprint density at radius 2 is 2.15 bits per heavy atom. The minimum Gasteiger partial charge on any atom is -0.496 e. The minimum absolute atomic E-state index is 0. The third-order valence-corrected chi connectivity index (χ3v) is 2.99. The summed E-state index contributed by atoms with van der Waals surface area (Å²) in [5, 5.41) is 3.08. The van der Waals surface area contributed by atoms with Gasteiger partial charge in [-0.05, 0) is 20.3 Å². The van der Waals surface area contributed by atoms with E-state index in [1.165, 1.54) is 0 Å². The first-order chi connectivity index (χ1) is 9.10. The lowest BCUT2D eigenvalue weighted by Crippen LogP contribution is -2.32. The van der Waals surface area contributed by atoms with Gasteiger partial charge in [0.25, 0.3) is 0 Å². The minimum atomic E-state index is 0. The van der Waals surface area contributed by atoms with Crippen molar-refractivity contribution in [3.63, 3.8) is 0 Å². The maximum Gasteiger partial charge on any atom is 0.188 e. The van der Waals surface area contributed by atoms with Crippen LogP contribution in [0.25, 0.3) is 0 Å². The molecule has 0 amide bonds. The standard InChI is InChI=1S/C14H24N4O.HI/c1-5-6-7-16-14(15)18-9-12-11(3)13(19-4)10(2)8-17-12;/h8H,5-7,9H2,1-4H3,(H3,15,16,18);1H. The smallest absolute Gasteiger partial charge is 0.188 e. The van der Waals surface area contributed by atoms with E-state index < -0.39 is 0 Å². The first-order valence-corrected chi connectivity index (χ1v) is 6.63. The number of aliphatic imine (C=N–C) groups is 1. The van der Waals surface area contributed by atoms with Crippen LogP contribution in [-0.4, -0.2) is 24.6 Å². The number of ether oxygens (including phenoxy) is 1. The second kappa shape index (κ2) is 9.79. The van der Waals surface area contributed by atoms with Gasteiger partial charge in [-0.2, -0.15) is 0 Å². The average molecular weight is 392 g/mol. The number of hydrogen-bond acceptors (Lipinski definition) is 3. The average Bonchev–Trinajstić information content (AvgIpc) is 2.39. The summed E-state index contributed by atoms with van der Waals surface area (Å²) in [7, 11) is 1.67. The number of aromatic nitrogens is 1. The van der Waals surface area contributed by atoms with E-state index in [1.54, 1.807) is 13.3 Å². The lowest BCUT2D eigenvalue weighted by Gasteiger charge is -2.11. The van der Waals surface area contributed by atoms with Crippen LogP contribution in [0.3, 0.4) is 0 Å². The van der Waals surface area contributed by atoms with Crippen molar-refractivity contribution >= 4 is 29.9 Å². The molecule has 1 rings (SSSR count). The molecule has 20 heavy (non-hydrogen) atoms. The van der Waals surface area contributed by atoms with Crippen LogP contribution >= 0.6 is 24.0 Å². The van der Waals surface area contributed by atoms with Crippen LogP contribution in [0.2, 0.25) is 0 Å². The highest BCUT2D eigenvalue weighted by atomic mass is 127. The van der Waals surface area contributed by atoms with E-state index in [4.69, 9.17) is 10.5 Å². The Morgan fingerprint density at radius 1 is 1.45 bits per heavy atom. The molecule has 0 bridgehead atoms. The van der Waals surface area contributed by atoms with E-state index in [0.717, 1.165) is 42.0 Å². The first-order valence-electron chi connectivity index (χ1n) is 6.63. The highest BCUT2D eigenvalue weighted by Crippen LogP contribution is 2.24. The van der Waals surface area contributed by atoms with Gasteiger partial charge >= 0.3 is 0 Å². The summed E-state index contributed by atoms with van der Waals surface area (Å²) in [6, 6.07) is 0. The first kappa shape index (κ1) is 18.9. The van der Waals surface area contributed by atoms with Gasteiger partial charge < -0.3 is 15.8 Å². The van der Waals surface area contributed by atoms with E-state index in [2.05, 4.69) is 22.2 Å². The molecule has 0 spiro atoms. The molecule has 6 heteroatoms. The zero-order chi connectivity index (χ0) is 14.3. The molecule has 0 aromatic carbocycles. The molecule has 114 valence electrons. The number of rotatable bonds is 6. The molecule has 5 nitrogen and oxygen atoms in total. The zero-order valence-corrected chi connectivity index (χ0v) is 15.0. The van der Waals surface area contributed by atoms with Crippen LogP contribution in [0.15, 0.2) is 11.2 Å². The van der Waals surface area contributed by atoms with Crippen molar-refractivity contribution in [3.05, 3.63) is 23.0 Å². The number of methoxy groups -OCH3 is 1. The number of nitrogens with one attached hydrogen (secondary N) is 1. The summed E-state index contributed by atoms with van der Waals surface area (Å²) in [4.78, 5) is 8.68. The Labute approximate surface area is 138 Å². The maximum absolute atomic E-state index is 5.79. The van der Waals surface area contributed by atoms with Gasteiger partial charge in [0.1, 0.15) is 5.75 Å². The Morgan fingerprint density at radius 3 is 2.75 bits per heavy atom. The monoisotopic (exact) mass is 392 g/mol. The lowest BCUT2D eigenvalue weighted by atomic mass is 10.1. The molecule has 0 radical (unpaired) electrons. The molecule has 0 aliphatic rings. The van der Waals surface area contributed by atoms with Crippen molar-refractivity contribution in [1.29, 1.82) is 0 Å². The number of halogens is 1. The molecule has 1 aromatic heterocycles. The summed E-state index contributed by atoms with van der Waals surface area (Å²) < 4.78 is 5.37. The highest BCUT2D eigenvalue weighted by molar-refractivity contribution is 14.0. The van der Waals surface area contributed by atoms with Crippen molar-refractivity contribution in [1.82, 2.24) is 10.3 Å². The van der Waals surface area contributed by atoms with Gasteiger partial charge in [0, 0.05) is 23.9 Å². The van der Waals surface area contributed by atoms with Gasteiger partial charge in [-0.15, -0.1) is 24.0 Å². The Kier molecular flexibility index (Phi) is 9.28. The zero-order valence-electron chi connectivity index (χ0n) is 12.7. The van der Waals surface area contributed by atoms with Crippen LogP contribution in [0.1, 0.15) is 36.6 Å². The molecule has 0 saturated heterocycles. The van der Waals surface area contributed by atoms with Crippen molar-refractivity contribution in [2.75, 3.05) is 13.7 Å². The van der Waals surface area contributed by atoms with Crippen LogP contribution in [0, 0.1) is 13.8 Å². The molecule has 1 aromatic rings. The van der Waals surface area contributed by atoms with Gasteiger partial charge in [0.05, 0.1) is 19.3 Å². The van der Waals surface area contributed by atoms with Crippen LogP contribution in [0.5, 0.6) is 5.75 Å². The number of nitrogens with two attached hydrogens (primary N) is 1. The number of hydrogen-bond donors (Lipinski definition) is 2. The molecular weight excluding hydrogens is 367 g/mol. The Balaban J connectivity index is 0.00000361. The lowest BCUT2D eigenvalue weighted by molar-refractivity contribution is 0.407. The molecule has 0 aliphatic carbocycles. The van der Waals surface area contributed by atoms with Gasteiger partial charge in [0.15, 0.2) is 5.96 Å². The van der Waals surface area contributed by atoms with Crippen molar-refractivity contribution < 1.29 is 4.74 Å². The van der Waals surface area contributed by atoms with Gasteiger partial charge in [-0.3, -0.25) is 4.98 Å². The molecular formula is C14H25IN4O. The van der Waals surface area contributed by atoms with Gasteiger partial charge in [-0.25, -0.2) is 4.99 Å². The number of aryl methyl sites for hydroxylation is 1. The quantitative estimate of drug-likeness (QED) is 0.338. The summed E-state index contributed by atoms with van der Waals surface area (Å²) in [5.41, 5.74) is 8.73. The van der Waals surface area contributed by atoms with E-state index in [0.29, 0.717) is 12.5 Å². The second-order valence-corrected chi connectivity index (χ2v) is 4.53. The third kappa shape index (κ3) is 5.52. The number of nitrogens with zero attached hydrogens (tertiary/aromatic N) is 2. The normalized spacial score (nSPS) is 10.9. The predicted molar refractivity (Wildman–Crippen MR) is 93.9 cm³/mol. The van der Waals surface area contributed by atoms with Crippen LogP contribution in [-0.2, 0) is 6.54 Å². The fraction of sp³-hybridized carbons (Fsp3) is 0.571. The van der Waals surface area contributed by atoms with Gasteiger partial charge in [0.2, 0.25) is 0 Å². The van der Waals surface area contributed by atoms with Crippen molar-refractivity contribution in [2.45, 2.75) is 40.2 Å². The maximum atomic E-state index is 5.79. The molecule has 0 saturated carbocycles. The summed E-state index contributed by atoms with van der Waals surface area (Å²) in [6.45, 7) is 7.43. The summed E-state index contributed by atoms with van der Waals surface area (Å²) in [5.74, 6) is 1.34. The van der Waals surface area contributed by atoms with Crippen molar-refractivity contribution in [3.8, 4) is 5.75 Å². The largest absolute Gasteiger partial charge is 0.496 e. The van der Waals surface area contributed by atoms with E-state index in [9.17, 15) is 0 Å². The van der Waals surface area contributed by atoms with E-state index >= 15 is 0 Å². The second-order valence-electron chi connectivity index (χ2n) is 4.53. The number of guanidine groups is 1. The molecule has 1 heterocycles. The molecule has 0 atom stereocenters. The highest BCUT2D eigenvalue weighted by Gasteiger charge is 2.08. The Hall–Kier alpha value is -1.05. The topological polar surface area (TPSA) is 72.5 Å². The number of pyridine rings is 1. The fourth-order valence-electron chi connectivity index (χ4n) is 1.84. The summed E-state index contributed by atoms with van der Waals surface area (Å²) >= 11 is 0. The van der Waals surface area contributed by atoms with Crippen LogP contribution < -0.4 is 15.8 Å². The molecule has 0 aliphatic heterocycles. The molecule has 0 fully saturated rings. The third-order valence-electron chi connectivity index (χ3n) is 2.99. The summed E-state index contributed by atoms with van der Waals surface area (Å²) in [6.07, 6.45) is 4.03.